The van der Waals surface area contributed by atoms with Gasteiger partial charge in [-0.2, -0.15) is 0 Å². The molecule has 0 unspecified atom stereocenters. The van der Waals surface area contributed by atoms with Crippen LogP contribution in [-0.2, 0) is 19.6 Å². The SMILES string of the molecule is Cc1nc(CN(C)Cc2ccc(CN)cc2Br)cs1. The van der Waals surface area contributed by atoms with Gasteiger partial charge < -0.3 is 5.73 Å². The van der Waals surface area contributed by atoms with Crippen molar-refractivity contribution < 1.29 is 0 Å². The van der Waals surface area contributed by atoms with E-state index >= 15 is 0 Å². The lowest BCUT2D eigenvalue weighted by Crippen LogP contribution is -2.17. The molecule has 0 radical (unpaired) electrons. The van der Waals surface area contributed by atoms with Crippen molar-refractivity contribution in [1.29, 1.82) is 0 Å². The Morgan fingerprint density at radius 3 is 2.74 bits per heavy atom. The molecule has 0 atom stereocenters. The molecule has 5 heteroatoms. The van der Waals surface area contributed by atoms with Crippen molar-refractivity contribution >= 4 is 27.3 Å². The highest BCUT2D eigenvalue weighted by atomic mass is 79.9. The van der Waals surface area contributed by atoms with E-state index in [-0.39, 0.29) is 0 Å². The van der Waals surface area contributed by atoms with Crippen molar-refractivity contribution in [1.82, 2.24) is 9.88 Å². The lowest BCUT2D eigenvalue weighted by molar-refractivity contribution is 0.315. The molecule has 0 saturated heterocycles. The molecule has 0 spiro atoms. The van der Waals surface area contributed by atoms with Gasteiger partial charge in [0, 0.05) is 29.5 Å². The van der Waals surface area contributed by atoms with Crippen LogP contribution in [0.3, 0.4) is 0 Å². The Morgan fingerprint density at radius 2 is 2.16 bits per heavy atom. The van der Waals surface area contributed by atoms with Crippen molar-refractivity contribution in [3.05, 3.63) is 49.9 Å². The highest BCUT2D eigenvalue weighted by molar-refractivity contribution is 9.10. The van der Waals surface area contributed by atoms with Crippen molar-refractivity contribution in [3.63, 3.8) is 0 Å². The molecule has 0 saturated carbocycles. The summed E-state index contributed by atoms with van der Waals surface area (Å²) in [6.07, 6.45) is 0. The molecule has 2 rings (SSSR count). The molecule has 0 fully saturated rings. The topological polar surface area (TPSA) is 42.2 Å². The normalized spacial score (nSPS) is 11.2. The molecule has 0 aliphatic heterocycles. The second-order valence-corrected chi connectivity index (χ2v) is 6.58. The van der Waals surface area contributed by atoms with Gasteiger partial charge in [0.15, 0.2) is 0 Å². The maximum atomic E-state index is 5.64. The van der Waals surface area contributed by atoms with Gasteiger partial charge in [0.2, 0.25) is 0 Å². The number of benzene rings is 1. The third-order valence-corrected chi connectivity index (χ3v) is 4.45. The maximum Gasteiger partial charge on any atom is 0.0897 e. The Bertz CT molecular complexity index is 553. The smallest absolute Gasteiger partial charge is 0.0897 e. The highest BCUT2D eigenvalue weighted by Crippen LogP contribution is 2.20. The van der Waals surface area contributed by atoms with E-state index in [0.29, 0.717) is 6.54 Å². The third-order valence-electron chi connectivity index (χ3n) is 2.89. The number of nitrogens with zero attached hydrogens (tertiary/aromatic N) is 2. The van der Waals surface area contributed by atoms with E-state index in [2.05, 4.69) is 56.4 Å². The largest absolute Gasteiger partial charge is 0.326 e. The molecule has 0 bridgehead atoms. The number of aryl methyl sites for hydroxylation is 1. The average Bonchev–Trinajstić information content (AvgIpc) is 2.77. The van der Waals surface area contributed by atoms with Crippen molar-refractivity contribution in [3.8, 4) is 0 Å². The predicted octanol–water partition coefficient (Wildman–Crippen LogP) is 3.30. The monoisotopic (exact) mass is 339 g/mol. The number of aromatic nitrogens is 1. The summed E-state index contributed by atoms with van der Waals surface area (Å²) in [7, 11) is 2.11. The van der Waals surface area contributed by atoms with Gasteiger partial charge in [-0.25, -0.2) is 4.98 Å². The van der Waals surface area contributed by atoms with Crippen LogP contribution in [0.4, 0.5) is 0 Å². The molecular weight excluding hydrogens is 322 g/mol. The fourth-order valence-corrected chi connectivity index (χ4v) is 3.11. The van der Waals surface area contributed by atoms with Gasteiger partial charge in [-0.3, -0.25) is 4.90 Å². The zero-order valence-electron chi connectivity index (χ0n) is 11.2. The summed E-state index contributed by atoms with van der Waals surface area (Å²) < 4.78 is 1.12. The molecule has 0 aliphatic carbocycles. The van der Waals surface area contributed by atoms with Gasteiger partial charge in [0.25, 0.3) is 0 Å². The van der Waals surface area contributed by atoms with E-state index in [1.807, 2.05) is 6.92 Å². The van der Waals surface area contributed by atoms with E-state index in [0.717, 1.165) is 33.8 Å². The summed E-state index contributed by atoms with van der Waals surface area (Å²) in [6, 6.07) is 6.31. The lowest BCUT2D eigenvalue weighted by atomic mass is 10.1. The number of rotatable bonds is 5. The van der Waals surface area contributed by atoms with Crippen molar-refractivity contribution in [2.75, 3.05) is 7.05 Å². The van der Waals surface area contributed by atoms with Crippen LogP contribution in [0.2, 0.25) is 0 Å². The lowest BCUT2D eigenvalue weighted by Gasteiger charge is -2.16. The molecule has 1 aromatic heterocycles. The molecule has 0 amide bonds. The molecule has 1 heterocycles. The van der Waals surface area contributed by atoms with Gasteiger partial charge in [-0.15, -0.1) is 11.3 Å². The van der Waals surface area contributed by atoms with Crippen LogP contribution in [0, 0.1) is 6.92 Å². The number of hydrogen-bond donors (Lipinski definition) is 1. The second-order valence-electron chi connectivity index (χ2n) is 4.66. The van der Waals surface area contributed by atoms with Crippen LogP contribution in [0.25, 0.3) is 0 Å². The first-order valence-corrected chi connectivity index (χ1v) is 7.82. The summed E-state index contributed by atoms with van der Waals surface area (Å²) >= 11 is 5.31. The number of hydrogen-bond acceptors (Lipinski definition) is 4. The Labute approximate surface area is 126 Å². The first-order chi connectivity index (χ1) is 9.08. The second kappa shape index (κ2) is 6.61. The fourth-order valence-electron chi connectivity index (χ4n) is 1.95. The Hall–Kier alpha value is -0.750. The first kappa shape index (κ1) is 14.7. The number of thiazole rings is 1. The van der Waals surface area contributed by atoms with E-state index < -0.39 is 0 Å². The molecule has 3 nitrogen and oxygen atoms in total. The quantitative estimate of drug-likeness (QED) is 0.908. The highest BCUT2D eigenvalue weighted by Gasteiger charge is 2.07. The van der Waals surface area contributed by atoms with Gasteiger partial charge in [0.1, 0.15) is 0 Å². The standard InChI is InChI=1S/C14H18BrN3S/c1-10-17-13(9-19-10)8-18(2)7-12-4-3-11(6-16)5-14(12)15/h3-5,9H,6-8,16H2,1-2H3. The van der Waals surface area contributed by atoms with Crippen LogP contribution in [0.15, 0.2) is 28.1 Å². The van der Waals surface area contributed by atoms with E-state index in [1.54, 1.807) is 11.3 Å². The molecule has 2 N–H and O–H groups in total. The van der Waals surface area contributed by atoms with Crippen LogP contribution in [-0.4, -0.2) is 16.9 Å². The van der Waals surface area contributed by atoms with Crippen LogP contribution in [0.5, 0.6) is 0 Å². The van der Waals surface area contributed by atoms with Gasteiger partial charge >= 0.3 is 0 Å². The number of nitrogens with two attached hydrogens (primary N) is 1. The predicted molar refractivity (Wildman–Crippen MR) is 84.1 cm³/mol. The van der Waals surface area contributed by atoms with Crippen molar-refractivity contribution in [2.24, 2.45) is 5.73 Å². The molecule has 1 aromatic carbocycles. The van der Waals surface area contributed by atoms with Crippen LogP contribution in [0.1, 0.15) is 21.8 Å². The van der Waals surface area contributed by atoms with Gasteiger partial charge in [-0.1, -0.05) is 28.1 Å². The summed E-state index contributed by atoms with van der Waals surface area (Å²) in [5.41, 5.74) is 9.19. The maximum absolute atomic E-state index is 5.64. The Morgan fingerprint density at radius 1 is 1.37 bits per heavy atom. The van der Waals surface area contributed by atoms with Gasteiger partial charge in [0.05, 0.1) is 10.7 Å². The third kappa shape index (κ3) is 4.11. The Balaban J connectivity index is 2.00. The van der Waals surface area contributed by atoms with Crippen molar-refractivity contribution in [2.45, 2.75) is 26.6 Å². The van der Waals surface area contributed by atoms with Crippen LogP contribution >= 0.6 is 27.3 Å². The zero-order valence-corrected chi connectivity index (χ0v) is 13.6. The Kier molecular flexibility index (Phi) is 5.10. The molecule has 2 aromatic rings. The average molecular weight is 340 g/mol. The minimum absolute atomic E-state index is 0.576. The fraction of sp³-hybridized carbons (Fsp3) is 0.357. The number of halogens is 1. The summed E-state index contributed by atoms with van der Waals surface area (Å²) in [4.78, 5) is 6.75. The molecular formula is C14H18BrN3S. The first-order valence-electron chi connectivity index (χ1n) is 6.15. The van der Waals surface area contributed by atoms with E-state index in [9.17, 15) is 0 Å². The van der Waals surface area contributed by atoms with Gasteiger partial charge in [-0.05, 0) is 31.2 Å². The molecule has 0 aliphatic rings. The van der Waals surface area contributed by atoms with Crippen LogP contribution < -0.4 is 5.73 Å². The minimum atomic E-state index is 0.576. The summed E-state index contributed by atoms with van der Waals surface area (Å²) in [5, 5.41) is 3.25. The van der Waals surface area contributed by atoms with E-state index in [1.165, 1.54) is 5.56 Å². The molecule has 19 heavy (non-hydrogen) atoms. The minimum Gasteiger partial charge on any atom is -0.326 e. The summed E-state index contributed by atoms with van der Waals surface area (Å²) in [5.74, 6) is 0. The van der Waals surface area contributed by atoms with E-state index in [4.69, 9.17) is 5.73 Å². The zero-order chi connectivity index (χ0) is 13.8. The summed E-state index contributed by atoms with van der Waals surface area (Å²) in [6.45, 7) is 4.38. The molecule has 102 valence electrons.